The van der Waals surface area contributed by atoms with Crippen LogP contribution >= 0.6 is 0 Å². The summed E-state index contributed by atoms with van der Waals surface area (Å²) in [6.45, 7) is 7.13. The van der Waals surface area contributed by atoms with Gasteiger partial charge in [-0.05, 0) is 57.0 Å². The first kappa shape index (κ1) is 16.1. The van der Waals surface area contributed by atoms with E-state index in [0.29, 0.717) is 11.6 Å². The molecule has 0 aliphatic heterocycles. The summed E-state index contributed by atoms with van der Waals surface area (Å²) in [7, 11) is 2.14. The molecule has 1 aromatic rings. The summed E-state index contributed by atoms with van der Waals surface area (Å²) in [4.78, 5) is 2.35. The Morgan fingerprint density at radius 1 is 1.26 bits per heavy atom. The predicted octanol–water partition coefficient (Wildman–Crippen LogP) is 3.64. The molecule has 2 nitrogen and oxygen atoms in total. The minimum Gasteiger partial charge on any atom is -0.324 e. The lowest BCUT2D eigenvalue weighted by atomic mass is 10.0. The smallest absolute Gasteiger partial charge is 0.126 e. The Labute approximate surface area is 116 Å². The average Bonchev–Trinajstić information content (AvgIpc) is 2.40. The van der Waals surface area contributed by atoms with Crippen LogP contribution in [0.15, 0.2) is 18.2 Å². The molecule has 0 saturated carbocycles. The summed E-state index contributed by atoms with van der Waals surface area (Å²) >= 11 is 0. The maximum Gasteiger partial charge on any atom is 0.126 e. The fraction of sp³-hybridized carbons (Fsp3) is 0.625. The van der Waals surface area contributed by atoms with Crippen LogP contribution in [0.4, 0.5) is 4.39 Å². The third kappa shape index (κ3) is 4.59. The summed E-state index contributed by atoms with van der Waals surface area (Å²) in [6, 6.07) is 5.82. The molecule has 1 atom stereocenters. The number of benzene rings is 1. The van der Waals surface area contributed by atoms with Gasteiger partial charge in [0.2, 0.25) is 0 Å². The van der Waals surface area contributed by atoms with Crippen molar-refractivity contribution in [3.63, 3.8) is 0 Å². The third-order valence-corrected chi connectivity index (χ3v) is 3.98. The van der Waals surface area contributed by atoms with Gasteiger partial charge in [-0.25, -0.2) is 4.39 Å². The standard InChI is InChI=1S/C16H27FN2/c1-5-14(6-2)19(4)10-9-16(18)13-8-7-12(3)15(17)11-13/h7-8,11,14,16H,5-6,9-10,18H2,1-4H3. The maximum absolute atomic E-state index is 13.5. The lowest BCUT2D eigenvalue weighted by Gasteiger charge is -2.27. The van der Waals surface area contributed by atoms with Crippen molar-refractivity contribution in [3.8, 4) is 0 Å². The van der Waals surface area contributed by atoms with E-state index in [-0.39, 0.29) is 11.9 Å². The van der Waals surface area contributed by atoms with Crippen LogP contribution in [-0.2, 0) is 0 Å². The monoisotopic (exact) mass is 266 g/mol. The molecule has 1 rings (SSSR count). The molecule has 1 unspecified atom stereocenters. The maximum atomic E-state index is 13.5. The molecule has 0 aliphatic rings. The Morgan fingerprint density at radius 3 is 2.42 bits per heavy atom. The number of nitrogens with zero attached hydrogens (tertiary/aromatic N) is 1. The zero-order chi connectivity index (χ0) is 14.4. The van der Waals surface area contributed by atoms with E-state index in [0.717, 1.165) is 31.4 Å². The highest BCUT2D eigenvalue weighted by Crippen LogP contribution is 2.18. The fourth-order valence-electron chi connectivity index (χ4n) is 2.44. The van der Waals surface area contributed by atoms with Crippen molar-refractivity contribution in [2.24, 2.45) is 5.73 Å². The normalized spacial score (nSPS) is 13.3. The van der Waals surface area contributed by atoms with Crippen molar-refractivity contribution in [3.05, 3.63) is 35.1 Å². The van der Waals surface area contributed by atoms with Gasteiger partial charge in [-0.1, -0.05) is 26.0 Å². The molecule has 3 heteroatoms. The fourth-order valence-corrected chi connectivity index (χ4v) is 2.44. The molecule has 0 spiro atoms. The minimum atomic E-state index is -0.165. The van der Waals surface area contributed by atoms with Crippen molar-refractivity contribution >= 4 is 0 Å². The number of hydrogen-bond acceptors (Lipinski definition) is 2. The molecular weight excluding hydrogens is 239 g/mol. The molecule has 0 fully saturated rings. The van der Waals surface area contributed by atoms with Gasteiger partial charge in [-0.15, -0.1) is 0 Å². The van der Waals surface area contributed by atoms with Gasteiger partial charge in [0.1, 0.15) is 5.82 Å². The SMILES string of the molecule is CCC(CC)N(C)CCC(N)c1ccc(C)c(F)c1. The van der Waals surface area contributed by atoms with E-state index in [1.807, 2.05) is 6.07 Å². The Balaban J connectivity index is 2.55. The van der Waals surface area contributed by atoms with Gasteiger partial charge in [0.05, 0.1) is 0 Å². The van der Waals surface area contributed by atoms with E-state index in [4.69, 9.17) is 5.73 Å². The number of hydrogen-bond donors (Lipinski definition) is 1. The van der Waals surface area contributed by atoms with Gasteiger partial charge < -0.3 is 10.6 Å². The number of halogens is 1. The van der Waals surface area contributed by atoms with Gasteiger partial charge in [0.15, 0.2) is 0 Å². The van der Waals surface area contributed by atoms with Crippen LogP contribution < -0.4 is 5.73 Å². The zero-order valence-corrected chi connectivity index (χ0v) is 12.6. The molecule has 2 N–H and O–H groups in total. The molecule has 0 aliphatic carbocycles. The molecule has 0 radical (unpaired) electrons. The van der Waals surface area contributed by atoms with E-state index < -0.39 is 0 Å². The van der Waals surface area contributed by atoms with Gasteiger partial charge >= 0.3 is 0 Å². The van der Waals surface area contributed by atoms with Gasteiger partial charge in [0.25, 0.3) is 0 Å². The van der Waals surface area contributed by atoms with Crippen molar-refractivity contribution < 1.29 is 4.39 Å². The summed E-state index contributed by atoms with van der Waals surface area (Å²) < 4.78 is 13.5. The second-order valence-corrected chi connectivity index (χ2v) is 5.35. The van der Waals surface area contributed by atoms with Crippen LogP contribution in [0.1, 0.15) is 50.3 Å². The molecular formula is C16H27FN2. The largest absolute Gasteiger partial charge is 0.324 e. The molecule has 108 valence electrons. The van der Waals surface area contributed by atoms with Crippen molar-refractivity contribution in [1.82, 2.24) is 4.90 Å². The van der Waals surface area contributed by atoms with Crippen LogP contribution in [-0.4, -0.2) is 24.5 Å². The number of nitrogens with two attached hydrogens (primary N) is 1. The van der Waals surface area contributed by atoms with Gasteiger partial charge in [-0.2, -0.15) is 0 Å². The molecule has 0 amide bonds. The van der Waals surface area contributed by atoms with Crippen LogP contribution in [0.3, 0.4) is 0 Å². The first-order valence-corrected chi connectivity index (χ1v) is 7.21. The Hall–Kier alpha value is -0.930. The summed E-state index contributed by atoms with van der Waals surface area (Å²) in [5.41, 5.74) is 7.71. The van der Waals surface area contributed by atoms with E-state index in [1.54, 1.807) is 19.1 Å². The topological polar surface area (TPSA) is 29.3 Å². The lowest BCUT2D eigenvalue weighted by Crippen LogP contribution is -2.33. The summed E-state index contributed by atoms with van der Waals surface area (Å²) in [5.74, 6) is -0.165. The zero-order valence-electron chi connectivity index (χ0n) is 12.6. The van der Waals surface area contributed by atoms with E-state index in [9.17, 15) is 4.39 Å². The minimum absolute atomic E-state index is 0.0908. The number of rotatable bonds is 7. The van der Waals surface area contributed by atoms with Gasteiger partial charge in [0, 0.05) is 12.1 Å². The molecule has 0 bridgehead atoms. The molecule has 19 heavy (non-hydrogen) atoms. The van der Waals surface area contributed by atoms with E-state index >= 15 is 0 Å². The highest BCUT2D eigenvalue weighted by molar-refractivity contribution is 5.25. The Kier molecular flexibility index (Phi) is 6.46. The predicted molar refractivity (Wildman–Crippen MR) is 79.7 cm³/mol. The van der Waals surface area contributed by atoms with Crippen molar-refractivity contribution in [1.29, 1.82) is 0 Å². The van der Waals surface area contributed by atoms with Crippen LogP contribution in [0, 0.1) is 12.7 Å². The summed E-state index contributed by atoms with van der Waals surface area (Å²) in [6.07, 6.45) is 3.16. The Morgan fingerprint density at radius 2 is 1.89 bits per heavy atom. The lowest BCUT2D eigenvalue weighted by molar-refractivity contribution is 0.222. The number of aryl methyl sites for hydroxylation is 1. The first-order chi connectivity index (χ1) is 8.99. The molecule has 1 aromatic carbocycles. The Bertz CT molecular complexity index is 388. The molecule has 0 saturated heterocycles. The second-order valence-electron chi connectivity index (χ2n) is 5.35. The molecule has 0 aromatic heterocycles. The first-order valence-electron chi connectivity index (χ1n) is 7.21. The summed E-state index contributed by atoms with van der Waals surface area (Å²) in [5, 5.41) is 0. The second kappa shape index (κ2) is 7.61. The van der Waals surface area contributed by atoms with Crippen LogP contribution in [0.2, 0.25) is 0 Å². The van der Waals surface area contributed by atoms with E-state index in [1.165, 1.54) is 0 Å². The van der Waals surface area contributed by atoms with Crippen molar-refractivity contribution in [2.45, 2.75) is 52.1 Å². The van der Waals surface area contributed by atoms with Crippen molar-refractivity contribution in [2.75, 3.05) is 13.6 Å². The van der Waals surface area contributed by atoms with Crippen LogP contribution in [0.25, 0.3) is 0 Å². The van der Waals surface area contributed by atoms with Crippen LogP contribution in [0.5, 0.6) is 0 Å². The van der Waals surface area contributed by atoms with Gasteiger partial charge in [-0.3, -0.25) is 0 Å². The third-order valence-electron chi connectivity index (χ3n) is 3.98. The highest BCUT2D eigenvalue weighted by Gasteiger charge is 2.13. The average molecular weight is 266 g/mol. The molecule has 0 heterocycles. The highest BCUT2D eigenvalue weighted by atomic mass is 19.1. The quantitative estimate of drug-likeness (QED) is 0.816. The van der Waals surface area contributed by atoms with E-state index in [2.05, 4.69) is 25.8 Å².